The van der Waals surface area contributed by atoms with Gasteiger partial charge in [0.15, 0.2) is 0 Å². The molecule has 4 unspecified atom stereocenters. The van der Waals surface area contributed by atoms with Gasteiger partial charge < -0.3 is 13.6 Å². The smallest absolute Gasteiger partial charge is 0.337 e. The predicted molar refractivity (Wildman–Crippen MR) is 74.9 cm³/mol. The van der Waals surface area contributed by atoms with Crippen LogP contribution in [0.1, 0.15) is 47.0 Å². The molecule has 1 saturated heterocycles. The van der Waals surface area contributed by atoms with E-state index in [1.807, 2.05) is 0 Å². The zero-order chi connectivity index (χ0) is 13.2. The van der Waals surface area contributed by atoms with Crippen LogP contribution in [-0.2, 0) is 13.6 Å². The van der Waals surface area contributed by atoms with Crippen LogP contribution in [-0.4, -0.2) is 33.5 Å². The molecule has 0 aromatic heterocycles. The first kappa shape index (κ1) is 14.5. The van der Waals surface area contributed by atoms with E-state index in [2.05, 4.69) is 27.7 Å². The van der Waals surface area contributed by atoms with Crippen LogP contribution in [0.3, 0.4) is 0 Å². The van der Waals surface area contributed by atoms with Gasteiger partial charge in [0.25, 0.3) is 0 Å². The van der Waals surface area contributed by atoms with E-state index in [4.69, 9.17) is 13.6 Å². The van der Waals surface area contributed by atoms with Gasteiger partial charge in [-0.3, -0.25) is 0 Å². The van der Waals surface area contributed by atoms with Crippen molar-refractivity contribution in [2.24, 2.45) is 5.92 Å². The summed E-state index contributed by atoms with van der Waals surface area (Å²) in [5.74, 6) is 0.666. The highest BCUT2D eigenvalue weighted by Gasteiger charge is 2.46. The van der Waals surface area contributed by atoms with Gasteiger partial charge in [0.05, 0.1) is 12.2 Å². The standard InChI is InChI=1S/C14H28O3Si/c1-5-15-18(6-2,7-3)17-11(4)12-8-9-13-14(10-12)16-13/h11-14H,5-10H2,1-4H3. The van der Waals surface area contributed by atoms with E-state index in [1.165, 1.54) is 19.3 Å². The van der Waals surface area contributed by atoms with Crippen molar-refractivity contribution in [1.82, 2.24) is 0 Å². The van der Waals surface area contributed by atoms with Gasteiger partial charge in [-0.1, -0.05) is 13.8 Å². The second-order valence-electron chi connectivity index (χ2n) is 5.66. The molecule has 0 aromatic rings. The van der Waals surface area contributed by atoms with Crippen LogP contribution in [0.5, 0.6) is 0 Å². The van der Waals surface area contributed by atoms with Gasteiger partial charge in [0.2, 0.25) is 0 Å². The number of ether oxygens (including phenoxy) is 1. The zero-order valence-corrected chi connectivity index (χ0v) is 13.3. The third kappa shape index (κ3) is 3.16. The summed E-state index contributed by atoms with van der Waals surface area (Å²) in [6, 6.07) is 2.11. The molecule has 0 N–H and O–H groups in total. The number of hydrogen-bond acceptors (Lipinski definition) is 3. The maximum Gasteiger partial charge on any atom is 0.337 e. The van der Waals surface area contributed by atoms with Crippen molar-refractivity contribution in [1.29, 1.82) is 0 Å². The molecule has 0 spiro atoms. The lowest BCUT2D eigenvalue weighted by atomic mass is 9.86. The molecular weight excluding hydrogens is 244 g/mol. The van der Waals surface area contributed by atoms with Crippen molar-refractivity contribution in [2.75, 3.05) is 6.61 Å². The Hall–Kier alpha value is 0.0969. The van der Waals surface area contributed by atoms with Crippen LogP contribution in [0.4, 0.5) is 0 Å². The Bertz CT molecular complexity index is 268. The summed E-state index contributed by atoms with van der Waals surface area (Å²) in [6.07, 6.45) is 5.13. The molecule has 0 radical (unpaired) electrons. The predicted octanol–water partition coefficient (Wildman–Crippen LogP) is 3.48. The molecule has 18 heavy (non-hydrogen) atoms. The number of hydrogen-bond donors (Lipinski definition) is 0. The van der Waals surface area contributed by atoms with E-state index in [-0.39, 0.29) is 0 Å². The number of rotatable bonds is 7. The molecule has 106 valence electrons. The minimum absolute atomic E-state index is 0.327. The summed E-state index contributed by atoms with van der Waals surface area (Å²) in [4.78, 5) is 0. The summed E-state index contributed by atoms with van der Waals surface area (Å²) in [5, 5.41) is 0. The SMILES string of the molecule is CCO[Si](CC)(CC)OC(C)C1CCC2OC2C1. The van der Waals surface area contributed by atoms with Crippen molar-refractivity contribution < 1.29 is 13.6 Å². The molecule has 2 fully saturated rings. The monoisotopic (exact) mass is 272 g/mol. The fourth-order valence-electron chi connectivity index (χ4n) is 3.21. The maximum atomic E-state index is 6.44. The Balaban J connectivity index is 1.88. The third-order valence-electron chi connectivity index (χ3n) is 4.59. The molecule has 0 aromatic carbocycles. The molecule has 3 nitrogen and oxygen atoms in total. The van der Waals surface area contributed by atoms with Crippen LogP contribution >= 0.6 is 0 Å². The van der Waals surface area contributed by atoms with Gasteiger partial charge in [-0.2, -0.15) is 0 Å². The Labute approximate surface area is 112 Å². The highest BCUT2D eigenvalue weighted by atomic mass is 28.4. The van der Waals surface area contributed by atoms with Gasteiger partial charge in [-0.15, -0.1) is 0 Å². The Morgan fingerprint density at radius 1 is 1.17 bits per heavy atom. The quantitative estimate of drug-likeness (QED) is 0.525. The number of fused-ring (bicyclic) bond motifs is 1. The first-order valence-corrected chi connectivity index (χ1v) is 9.84. The van der Waals surface area contributed by atoms with E-state index < -0.39 is 8.56 Å². The average molecular weight is 272 g/mol. The molecule has 4 heteroatoms. The van der Waals surface area contributed by atoms with Crippen LogP contribution in [0.25, 0.3) is 0 Å². The largest absolute Gasteiger partial charge is 0.394 e. The van der Waals surface area contributed by atoms with Crippen molar-refractivity contribution in [3.05, 3.63) is 0 Å². The lowest BCUT2D eigenvalue weighted by Crippen LogP contribution is -2.45. The van der Waals surface area contributed by atoms with Gasteiger partial charge >= 0.3 is 8.56 Å². The summed E-state index contributed by atoms with van der Waals surface area (Å²) in [7, 11) is -1.94. The molecule has 2 rings (SSSR count). The fraction of sp³-hybridized carbons (Fsp3) is 1.00. The minimum atomic E-state index is -1.94. The fourth-order valence-corrected chi connectivity index (χ4v) is 5.92. The summed E-state index contributed by atoms with van der Waals surface area (Å²) in [6.45, 7) is 9.50. The van der Waals surface area contributed by atoms with Gasteiger partial charge in [0, 0.05) is 12.7 Å². The zero-order valence-electron chi connectivity index (χ0n) is 12.3. The third-order valence-corrected chi connectivity index (χ3v) is 8.36. The maximum absolute atomic E-state index is 6.44. The van der Waals surface area contributed by atoms with Crippen molar-refractivity contribution in [3.63, 3.8) is 0 Å². The topological polar surface area (TPSA) is 31.0 Å². The minimum Gasteiger partial charge on any atom is -0.394 e. The van der Waals surface area contributed by atoms with Gasteiger partial charge in [-0.25, -0.2) is 0 Å². The van der Waals surface area contributed by atoms with E-state index in [0.29, 0.717) is 24.2 Å². The van der Waals surface area contributed by atoms with Crippen LogP contribution in [0.15, 0.2) is 0 Å². The molecule has 1 aliphatic carbocycles. The van der Waals surface area contributed by atoms with Crippen molar-refractivity contribution >= 4 is 8.56 Å². The van der Waals surface area contributed by atoms with Gasteiger partial charge in [0.1, 0.15) is 0 Å². The molecule has 1 saturated carbocycles. The first-order chi connectivity index (χ1) is 8.64. The molecular formula is C14H28O3Si. The summed E-state index contributed by atoms with van der Waals surface area (Å²) >= 11 is 0. The molecule has 1 aliphatic heterocycles. The molecule has 1 heterocycles. The van der Waals surface area contributed by atoms with Crippen molar-refractivity contribution in [2.45, 2.75) is 77.4 Å². The second-order valence-corrected chi connectivity index (χ2v) is 9.42. The highest BCUT2D eigenvalue weighted by Crippen LogP contribution is 2.41. The molecule has 0 amide bonds. The van der Waals surface area contributed by atoms with Crippen molar-refractivity contribution in [3.8, 4) is 0 Å². The summed E-state index contributed by atoms with van der Waals surface area (Å²) in [5.41, 5.74) is 0. The van der Waals surface area contributed by atoms with Gasteiger partial charge in [-0.05, 0) is 51.1 Å². The van der Waals surface area contributed by atoms with E-state index in [9.17, 15) is 0 Å². The molecule has 4 atom stereocenters. The van der Waals surface area contributed by atoms with Crippen LogP contribution in [0.2, 0.25) is 12.1 Å². The van der Waals surface area contributed by atoms with Crippen LogP contribution in [0, 0.1) is 5.92 Å². The lowest BCUT2D eigenvalue weighted by Gasteiger charge is -2.35. The first-order valence-electron chi connectivity index (χ1n) is 7.61. The van der Waals surface area contributed by atoms with E-state index >= 15 is 0 Å². The summed E-state index contributed by atoms with van der Waals surface area (Å²) < 4.78 is 18.1. The Morgan fingerprint density at radius 2 is 1.89 bits per heavy atom. The second kappa shape index (κ2) is 6.03. The number of epoxide rings is 1. The van der Waals surface area contributed by atoms with E-state index in [0.717, 1.165) is 18.7 Å². The average Bonchev–Trinajstić information content (AvgIpc) is 3.16. The molecule has 2 aliphatic rings. The Morgan fingerprint density at radius 3 is 2.44 bits per heavy atom. The molecule has 0 bridgehead atoms. The highest BCUT2D eigenvalue weighted by molar-refractivity contribution is 6.67. The normalized spacial score (nSPS) is 33.0. The lowest BCUT2D eigenvalue weighted by molar-refractivity contribution is 0.0740. The van der Waals surface area contributed by atoms with Crippen LogP contribution < -0.4 is 0 Å². The van der Waals surface area contributed by atoms with E-state index in [1.54, 1.807) is 0 Å². The Kier molecular flexibility index (Phi) is 4.86.